The van der Waals surface area contributed by atoms with E-state index in [0.717, 1.165) is 32.0 Å². The smallest absolute Gasteiger partial charge is 0.0700 e. The van der Waals surface area contributed by atoms with Crippen LogP contribution in [0.1, 0.15) is 47.0 Å². The van der Waals surface area contributed by atoms with Crippen LogP contribution in [0.2, 0.25) is 0 Å². The molecule has 0 rings (SSSR count). The first kappa shape index (κ1) is 17.9. The van der Waals surface area contributed by atoms with Crippen molar-refractivity contribution in [3.63, 3.8) is 0 Å². The zero-order valence-corrected chi connectivity index (χ0v) is 13.1. The summed E-state index contributed by atoms with van der Waals surface area (Å²) < 4.78 is 10.5. The van der Waals surface area contributed by atoms with Crippen LogP contribution < -0.4 is 5.32 Å². The third-order valence-corrected chi connectivity index (χ3v) is 3.32. The fraction of sp³-hybridized carbons (Fsp3) is 1.00. The molecule has 1 N–H and O–H groups in total. The number of methoxy groups -OCH3 is 1. The van der Waals surface area contributed by atoms with Crippen molar-refractivity contribution in [2.45, 2.75) is 47.0 Å². The molecule has 0 aliphatic heterocycles. The minimum Gasteiger partial charge on any atom is -0.382 e. The second kappa shape index (κ2) is 10.8. The quantitative estimate of drug-likeness (QED) is 0.578. The molecule has 0 aromatic rings. The fourth-order valence-corrected chi connectivity index (χ4v) is 1.97. The van der Waals surface area contributed by atoms with Crippen LogP contribution in [-0.2, 0) is 9.47 Å². The predicted octanol–water partition coefficient (Wildman–Crippen LogP) is 3.09. The van der Waals surface area contributed by atoms with Crippen LogP contribution in [0.25, 0.3) is 0 Å². The van der Waals surface area contributed by atoms with Gasteiger partial charge in [0.05, 0.1) is 13.2 Å². The Balaban J connectivity index is 3.73. The average molecular weight is 259 g/mol. The van der Waals surface area contributed by atoms with E-state index in [4.69, 9.17) is 9.47 Å². The monoisotopic (exact) mass is 259 g/mol. The van der Waals surface area contributed by atoms with Crippen molar-refractivity contribution in [1.82, 2.24) is 5.32 Å². The maximum atomic E-state index is 5.52. The number of hydrogen-bond donors (Lipinski definition) is 1. The van der Waals surface area contributed by atoms with Gasteiger partial charge in [0.1, 0.15) is 0 Å². The minimum absolute atomic E-state index is 0.368. The van der Waals surface area contributed by atoms with Gasteiger partial charge >= 0.3 is 0 Å². The Morgan fingerprint density at radius 2 is 1.83 bits per heavy atom. The van der Waals surface area contributed by atoms with Crippen molar-refractivity contribution in [2.24, 2.45) is 11.3 Å². The molecule has 0 aromatic carbocycles. The second-order valence-corrected chi connectivity index (χ2v) is 6.01. The normalized spacial score (nSPS) is 13.8. The number of ether oxygens (including phenoxy) is 2. The highest BCUT2D eigenvalue weighted by molar-refractivity contribution is 4.76. The maximum absolute atomic E-state index is 5.52. The molecule has 0 saturated heterocycles. The van der Waals surface area contributed by atoms with E-state index >= 15 is 0 Å². The van der Waals surface area contributed by atoms with Crippen molar-refractivity contribution in [3.05, 3.63) is 0 Å². The van der Waals surface area contributed by atoms with Crippen LogP contribution in [0, 0.1) is 11.3 Å². The first-order chi connectivity index (χ1) is 8.52. The summed E-state index contributed by atoms with van der Waals surface area (Å²) in [5.41, 5.74) is 0.368. The molecule has 0 aliphatic carbocycles. The molecule has 1 unspecified atom stereocenters. The third kappa shape index (κ3) is 9.86. The molecule has 3 nitrogen and oxygen atoms in total. The van der Waals surface area contributed by atoms with E-state index in [-0.39, 0.29) is 0 Å². The molecule has 0 saturated carbocycles. The van der Waals surface area contributed by atoms with Gasteiger partial charge < -0.3 is 14.8 Å². The summed E-state index contributed by atoms with van der Waals surface area (Å²) in [6.07, 6.45) is 3.57. The van der Waals surface area contributed by atoms with Crippen molar-refractivity contribution in [1.29, 1.82) is 0 Å². The van der Waals surface area contributed by atoms with E-state index in [0.29, 0.717) is 18.6 Å². The molecule has 0 aliphatic rings. The molecule has 3 heteroatoms. The van der Waals surface area contributed by atoms with Gasteiger partial charge in [0.25, 0.3) is 0 Å². The second-order valence-electron chi connectivity index (χ2n) is 6.01. The van der Waals surface area contributed by atoms with Gasteiger partial charge in [0, 0.05) is 13.7 Å². The Labute approximate surface area is 114 Å². The zero-order chi connectivity index (χ0) is 13.9. The van der Waals surface area contributed by atoms with Gasteiger partial charge in [0.2, 0.25) is 0 Å². The molecule has 0 spiro atoms. The van der Waals surface area contributed by atoms with Gasteiger partial charge in [-0.05, 0) is 43.7 Å². The van der Waals surface area contributed by atoms with E-state index in [9.17, 15) is 0 Å². The number of hydrogen-bond acceptors (Lipinski definition) is 3. The molecule has 0 aromatic heterocycles. The maximum Gasteiger partial charge on any atom is 0.0700 e. The summed E-state index contributed by atoms with van der Waals surface area (Å²) >= 11 is 0. The fourth-order valence-electron chi connectivity index (χ4n) is 1.97. The van der Waals surface area contributed by atoms with Gasteiger partial charge in [0.15, 0.2) is 0 Å². The van der Waals surface area contributed by atoms with Gasteiger partial charge in [-0.15, -0.1) is 0 Å². The highest BCUT2D eigenvalue weighted by Crippen LogP contribution is 2.29. The summed E-state index contributed by atoms with van der Waals surface area (Å²) in [6.45, 7) is 13.7. The van der Waals surface area contributed by atoms with E-state index in [1.807, 2.05) is 0 Å². The van der Waals surface area contributed by atoms with E-state index in [1.165, 1.54) is 12.8 Å². The molecular formula is C15H33NO2. The molecule has 0 bridgehead atoms. The molecule has 0 heterocycles. The Morgan fingerprint density at radius 1 is 1.11 bits per heavy atom. The van der Waals surface area contributed by atoms with Crippen LogP contribution in [0.5, 0.6) is 0 Å². The highest BCUT2D eigenvalue weighted by Gasteiger charge is 2.23. The molecule has 0 amide bonds. The van der Waals surface area contributed by atoms with Gasteiger partial charge in [-0.2, -0.15) is 0 Å². The molecule has 1 atom stereocenters. The lowest BCUT2D eigenvalue weighted by atomic mass is 9.78. The van der Waals surface area contributed by atoms with Crippen LogP contribution >= 0.6 is 0 Å². The first-order valence-electron chi connectivity index (χ1n) is 7.29. The topological polar surface area (TPSA) is 30.5 Å². The lowest BCUT2D eigenvalue weighted by Gasteiger charge is -2.31. The Kier molecular flexibility index (Phi) is 10.7. The molecule has 110 valence electrons. The van der Waals surface area contributed by atoms with Crippen LogP contribution in [0.4, 0.5) is 0 Å². The van der Waals surface area contributed by atoms with Crippen LogP contribution in [-0.4, -0.2) is 40.0 Å². The lowest BCUT2D eigenvalue weighted by molar-refractivity contribution is 0.0642. The van der Waals surface area contributed by atoms with Crippen molar-refractivity contribution in [3.8, 4) is 0 Å². The lowest BCUT2D eigenvalue weighted by Crippen LogP contribution is -2.32. The molecule has 0 fully saturated rings. The van der Waals surface area contributed by atoms with Crippen molar-refractivity contribution < 1.29 is 9.47 Å². The number of rotatable bonds is 11. The summed E-state index contributed by atoms with van der Waals surface area (Å²) in [4.78, 5) is 0. The predicted molar refractivity (Wildman–Crippen MR) is 78.0 cm³/mol. The van der Waals surface area contributed by atoms with E-state index in [1.54, 1.807) is 7.11 Å². The van der Waals surface area contributed by atoms with Gasteiger partial charge in [-0.3, -0.25) is 0 Å². The third-order valence-electron chi connectivity index (χ3n) is 3.32. The Bertz CT molecular complexity index is 178. The standard InChI is InChI=1S/C15H33NO2/c1-6-9-16-13-14(15(2,3)4)8-7-10-18-12-11-17-5/h14,16H,6-13H2,1-5H3. The zero-order valence-electron chi connectivity index (χ0n) is 13.1. The van der Waals surface area contributed by atoms with Crippen LogP contribution in [0.3, 0.4) is 0 Å². The Hall–Kier alpha value is -0.120. The Morgan fingerprint density at radius 3 is 2.39 bits per heavy atom. The van der Waals surface area contributed by atoms with Crippen LogP contribution in [0.15, 0.2) is 0 Å². The molecule has 18 heavy (non-hydrogen) atoms. The highest BCUT2D eigenvalue weighted by atomic mass is 16.5. The van der Waals surface area contributed by atoms with E-state index < -0.39 is 0 Å². The van der Waals surface area contributed by atoms with Crippen molar-refractivity contribution >= 4 is 0 Å². The summed E-state index contributed by atoms with van der Waals surface area (Å²) in [7, 11) is 1.71. The SMILES string of the molecule is CCCNCC(CCCOCCOC)C(C)(C)C. The first-order valence-corrected chi connectivity index (χ1v) is 7.29. The summed E-state index contributed by atoms with van der Waals surface area (Å²) in [5.74, 6) is 0.718. The molecule has 0 radical (unpaired) electrons. The number of nitrogens with one attached hydrogen (secondary N) is 1. The summed E-state index contributed by atoms with van der Waals surface area (Å²) in [5, 5.41) is 3.54. The van der Waals surface area contributed by atoms with E-state index in [2.05, 4.69) is 33.0 Å². The van der Waals surface area contributed by atoms with Gasteiger partial charge in [-0.1, -0.05) is 27.7 Å². The average Bonchev–Trinajstić information content (AvgIpc) is 2.30. The molecular weight excluding hydrogens is 226 g/mol. The van der Waals surface area contributed by atoms with Gasteiger partial charge in [-0.25, -0.2) is 0 Å². The largest absolute Gasteiger partial charge is 0.382 e. The summed E-state index contributed by atoms with van der Waals surface area (Å²) in [6, 6.07) is 0. The van der Waals surface area contributed by atoms with Crippen molar-refractivity contribution in [2.75, 3.05) is 40.0 Å². The minimum atomic E-state index is 0.368.